The van der Waals surface area contributed by atoms with Gasteiger partial charge in [0, 0.05) is 35.8 Å². The van der Waals surface area contributed by atoms with Crippen molar-refractivity contribution in [3.8, 4) is 11.4 Å². The average molecular weight is 419 g/mol. The maximum Gasteiger partial charge on any atom is 0.269 e. The van der Waals surface area contributed by atoms with Crippen molar-refractivity contribution in [2.24, 2.45) is 0 Å². The van der Waals surface area contributed by atoms with Gasteiger partial charge >= 0.3 is 0 Å². The number of nitrogens with zero attached hydrogens (tertiary/aromatic N) is 5. The molecule has 11 heteroatoms. The van der Waals surface area contributed by atoms with Gasteiger partial charge in [0.1, 0.15) is 0 Å². The van der Waals surface area contributed by atoms with Crippen LogP contribution >= 0.6 is 23.1 Å². The third-order valence-electron chi connectivity index (χ3n) is 3.94. The van der Waals surface area contributed by atoms with Crippen molar-refractivity contribution >= 4 is 39.8 Å². The molecule has 28 heavy (non-hydrogen) atoms. The maximum absolute atomic E-state index is 12.5. The third-order valence-corrected chi connectivity index (χ3v) is 5.98. The van der Waals surface area contributed by atoms with E-state index >= 15 is 0 Å². The maximum atomic E-state index is 12.5. The molecule has 0 saturated heterocycles. The SMILES string of the molecule is CC[C@H](Sc1nnc(-c2ccc([N+](=O)[O-])cc2)n1CC)C(=O)Nc1nccs1. The lowest BCUT2D eigenvalue weighted by molar-refractivity contribution is -0.384. The Hall–Kier alpha value is -2.79. The molecular weight excluding hydrogens is 400 g/mol. The topological polar surface area (TPSA) is 116 Å². The highest BCUT2D eigenvalue weighted by atomic mass is 32.2. The second-order valence-corrected chi connectivity index (χ2v) is 7.76. The van der Waals surface area contributed by atoms with Crippen LogP contribution in [0.15, 0.2) is 41.0 Å². The van der Waals surface area contributed by atoms with Crippen molar-refractivity contribution < 1.29 is 9.72 Å². The summed E-state index contributed by atoms with van der Waals surface area (Å²) in [4.78, 5) is 27.0. The normalized spacial score (nSPS) is 11.9. The van der Waals surface area contributed by atoms with Crippen LogP contribution in [-0.2, 0) is 11.3 Å². The van der Waals surface area contributed by atoms with Crippen molar-refractivity contribution in [3.63, 3.8) is 0 Å². The number of amides is 1. The van der Waals surface area contributed by atoms with Gasteiger partial charge in [0.25, 0.3) is 5.69 Å². The molecule has 146 valence electrons. The van der Waals surface area contributed by atoms with Crippen LogP contribution in [0.25, 0.3) is 11.4 Å². The smallest absolute Gasteiger partial charge is 0.269 e. The number of thiazole rings is 1. The van der Waals surface area contributed by atoms with E-state index < -0.39 is 4.92 Å². The van der Waals surface area contributed by atoms with Crippen LogP contribution in [0.3, 0.4) is 0 Å². The van der Waals surface area contributed by atoms with Crippen molar-refractivity contribution in [2.45, 2.75) is 37.2 Å². The average Bonchev–Trinajstić information content (AvgIpc) is 3.35. The van der Waals surface area contributed by atoms with E-state index in [0.29, 0.717) is 29.1 Å². The summed E-state index contributed by atoms with van der Waals surface area (Å²) in [7, 11) is 0. The number of nitro benzene ring substituents is 1. The lowest BCUT2D eigenvalue weighted by Gasteiger charge is -2.14. The fourth-order valence-corrected chi connectivity index (χ4v) is 4.08. The zero-order valence-electron chi connectivity index (χ0n) is 15.2. The number of anilines is 1. The monoisotopic (exact) mass is 418 g/mol. The molecule has 0 unspecified atom stereocenters. The first-order chi connectivity index (χ1) is 13.5. The van der Waals surface area contributed by atoms with Gasteiger partial charge in [-0.2, -0.15) is 0 Å². The van der Waals surface area contributed by atoms with E-state index in [2.05, 4.69) is 20.5 Å². The highest BCUT2D eigenvalue weighted by Gasteiger charge is 2.23. The van der Waals surface area contributed by atoms with Gasteiger partial charge in [0.15, 0.2) is 16.1 Å². The number of aromatic nitrogens is 4. The Morgan fingerprint density at radius 2 is 2.07 bits per heavy atom. The number of nitrogens with one attached hydrogen (secondary N) is 1. The number of hydrogen-bond acceptors (Lipinski definition) is 8. The van der Waals surface area contributed by atoms with Crippen molar-refractivity contribution in [2.75, 3.05) is 5.32 Å². The summed E-state index contributed by atoms with van der Waals surface area (Å²) < 4.78 is 1.89. The molecule has 0 bridgehead atoms. The van der Waals surface area contributed by atoms with Gasteiger partial charge in [-0.15, -0.1) is 21.5 Å². The largest absolute Gasteiger partial charge is 0.302 e. The minimum absolute atomic E-state index is 0.0193. The number of benzene rings is 1. The number of non-ortho nitro benzene ring substituents is 1. The van der Waals surface area contributed by atoms with Crippen LogP contribution in [0.1, 0.15) is 20.3 Å². The Labute approximate surface area is 169 Å². The summed E-state index contributed by atoms with van der Waals surface area (Å²) in [5.41, 5.74) is 0.748. The molecule has 0 radical (unpaired) electrons. The fourth-order valence-electron chi connectivity index (χ4n) is 2.53. The zero-order valence-corrected chi connectivity index (χ0v) is 16.9. The van der Waals surface area contributed by atoms with Crippen LogP contribution in [0.5, 0.6) is 0 Å². The lowest BCUT2D eigenvalue weighted by Crippen LogP contribution is -2.25. The molecule has 1 amide bonds. The Morgan fingerprint density at radius 3 is 2.64 bits per heavy atom. The second kappa shape index (κ2) is 8.93. The van der Waals surface area contributed by atoms with Crippen LogP contribution < -0.4 is 5.32 Å². The molecule has 2 heterocycles. The number of carbonyl (C=O) groups excluding carboxylic acids is 1. The van der Waals surface area contributed by atoms with Crippen LogP contribution in [0, 0.1) is 10.1 Å². The number of carbonyl (C=O) groups is 1. The molecule has 0 fully saturated rings. The molecule has 0 spiro atoms. The molecule has 0 aliphatic heterocycles. The van der Waals surface area contributed by atoms with E-state index in [9.17, 15) is 14.9 Å². The van der Waals surface area contributed by atoms with Gasteiger partial charge in [0.05, 0.1) is 10.2 Å². The first-order valence-corrected chi connectivity index (χ1v) is 10.3. The summed E-state index contributed by atoms with van der Waals surface area (Å²) in [5, 5.41) is 24.8. The molecule has 9 nitrogen and oxygen atoms in total. The summed E-state index contributed by atoms with van der Waals surface area (Å²) >= 11 is 2.70. The van der Waals surface area contributed by atoms with E-state index in [1.54, 1.807) is 23.7 Å². The Bertz CT molecular complexity index is 956. The van der Waals surface area contributed by atoms with E-state index in [1.165, 1.54) is 35.2 Å². The Morgan fingerprint density at radius 1 is 1.32 bits per heavy atom. The molecule has 3 rings (SSSR count). The molecule has 0 aliphatic rings. The molecule has 1 aromatic carbocycles. The molecule has 1 atom stereocenters. The lowest BCUT2D eigenvalue weighted by atomic mass is 10.2. The highest BCUT2D eigenvalue weighted by Crippen LogP contribution is 2.29. The summed E-state index contributed by atoms with van der Waals surface area (Å²) in [6.07, 6.45) is 2.25. The van der Waals surface area contributed by atoms with Crippen molar-refractivity contribution in [1.82, 2.24) is 19.7 Å². The van der Waals surface area contributed by atoms with Gasteiger partial charge in [-0.25, -0.2) is 4.98 Å². The van der Waals surface area contributed by atoms with E-state index in [4.69, 9.17) is 0 Å². The van der Waals surface area contributed by atoms with Crippen molar-refractivity contribution in [3.05, 3.63) is 46.0 Å². The standard InChI is InChI=1S/C17H18N6O3S2/c1-3-13(15(24)19-16-18-9-10-27-16)28-17-21-20-14(22(17)4-2)11-5-7-12(8-6-11)23(25)26/h5-10,13H,3-4H2,1-2H3,(H,18,19,24)/t13-/m0/s1. The van der Waals surface area contributed by atoms with Gasteiger partial charge in [-0.3, -0.25) is 14.9 Å². The van der Waals surface area contributed by atoms with Gasteiger partial charge in [-0.1, -0.05) is 18.7 Å². The molecule has 1 N–H and O–H groups in total. The van der Waals surface area contributed by atoms with Gasteiger partial charge < -0.3 is 9.88 Å². The number of thioether (sulfide) groups is 1. The minimum atomic E-state index is -0.442. The Balaban J connectivity index is 1.80. The van der Waals surface area contributed by atoms with Gasteiger partial charge in [0.2, 0.25) is 5.91 Å². The highest BCUT2D eigenvalue weighted by molar-refractivity contribution is 8.00. The third kappa shape index (κ3) is 4.37. The Kier molecular flexibility index (Phi) is 6.37. The number of rotatable bonds is 8. The summed E-state index contributed by atoms with van der Waals surface area (Å²) in [6, 6.07) is 6.17. The fraction of sp³-hybridized carbons (Fsp3) is 0.294. The zero-order chi connectivity index (χ0) is 20.1. The number of nitro groups is 1. The van der Waals surface area contributed by atoms with Crippen LogP contribution in [0.4, 0.5) is 10.8 Å². The first-order valence-electron chi connectivity index (χ1n) is 8.58. The summed E-state index contributed by atoms with van der Waals surface area (Å²) in [5.74, 6) is 0.472. The number of hydrogen-bond donors (Lipinski definition) is 1. The molecule has 0 aliphatic carbocycles. The van der Waals surface area contributed by atoms with Crippen LogP contribution in [0.2, 0.25) is 0 Å². The van der Waals surface area contributed by atoms with Crippen LogP contribution in [-0.4, -0.2) is 35.8 Å². The molecule has 0 saturated carbocycles. The first kappa shape index (κ1) is 20.0. The van der Waals surface area contributed by atoms with Crippen molar-refractivity contribution in [1.29, 1.82) is 0 Å². The molecule has 3 aromatic rings. The molecular formula is C17H18N6O3S2. The van der Waals surface area contributed by atoms with E-state index in [-0.39, 0.29) is 16.8 Å². The van der Waals surface area contributed by atoms with E-state index in [1.807, 2.05) is 18.4 Å². The minimum Gasteiger partial charge on any atom is -0.302 e. The quantitative estimate of drug-likeness (QED) is 0.336. The predicted octanol–water partition coefficient (Wildman–Crippen LogP) is 3.84. The van der Waals surface area contributed by atoms with Gasteiger partial charge in [-0.05, 0) is 25.5 Å². The van der Waals surface area contributed by atoms with E-state index in [0.717, 1.165) is 5.56 Å². The summed E-state index contributed by atoms with van der Waals surface area (Å²) in [6.45, 7) is 4.49. The molecule has 2 aromatic heterocycles. The predicted molar refractivity (Wildman–Crippen MR) is 108 cm³/mol. The second-order valence-electron chi connectivity index (χ2n) is 5.70.